The minimum absolute atomic E-state index is 0. The van der Waals surface area contributed by atoms with E-state index in [1.165, 1.54) is 77.8 Å². The summed E-state index contributed by atoms with van der Waals surface area (Å²) in [5.74, 6) is 2.11. The van der Waals surface area contributed by atoms with Gasteiger partial charge in [-0.2, -0.15) is 0 Å². The van der Waals surface area contributed by atoms with E-state index >= 15 is 0 Å². The third-order valence-electron chi connectivity index (χ3n) is 5.15. The van der Waals surface area contributed by atoms with Crippen molar-refractivity contribution < 1.29 is 0 Å². The molecule has 2 aliphatic rings. The van der Waals surface area contributed by atoms with Gasteiger partial charge in [-0.3, -0.25) is 0 Å². The van der Waals surface area contributed by atoms with Crippen molar-refractivity contribution in [3.8, 4) is 0 Å². The van der Waals surface area contributed by atoms with E-state index in [9.17, 15) is 0 Å². The van der Waals surface area contributed by atoms with Crippen LogP contribution in [0.2, 0.25) is 0 Å². The van der Waals surface area contributed by atoms with Crippen LogP contribution >= 0.6 is 12.4 Å². The highest BCUT2D eigenvalue weighted by Gasteiger charge is 2.33. The third-order valence-corrected chi connectivity index (χ3v) is 5.15. The van der Waals surface area contributed by atoms with E-state index in [0.717, 1.165) is 11.8 Å². The number of hydrogen-bond donors (Lipinski definition) is 0. The first-order valence-corrected chi connectivity index (χ1v) is 8.28. The van der Waals surface area contributed by atoms with Gasteiger partial charge in [-0.25, -0.2) is 0 Å². The smallest absolute Gasteiger partial charge is 0.00129 e. The molecule has 0 bridgehead atoms. The quantitative estimate of drug-likeness (QED) is 0.660. The molecule has 2 unspecified atom stereocenters. The number of rotatable bonds is 7. The maximum Gasteiger partial charge on any atom is 0.00129 e. The van der Waals surface area contributed by atoms with Crippen LogP contribution in [0.25, 0.3) is 0 Å². The molecule has 0 N–H and O–H groups in total. The average molecular weight is 289 g/mol. The molecule has 0 aromatic heterocycles. The Kier molecular flexibility index (Phi) is 8.36. The predicted molar refractivity (Wildman–Crippen MR) is 86.2 cm³/mol. The van der Waals surface area contributed by atoms with Crippen molar-refractivity contribution in [2.24, 2.45) is 11.8 Å². The molecule has 1 aliphatic heterocycles. The Morgan fingerprint density at radius 3 is 2.05 bits per heavy atom. The second-order valence-electron chi connectivity index (χ2n) is 6.30. The summed E-state index contributed by atoms with van der Waals surface area (Å²) in [5.41, 5.74) is 0. The van der Waals surface area contributed by atoms with Gasteiger partial charge in [0, 0.05) is 13.1 Å². The van der Waals surface area contributed by atoms with Crippen LogP contribution < -0.4 is 0 Å². The molecule has 0 amide bonds. The van der Waals surface area contributed by atoms with E-state index in [0.29, 0.717) is 0 Å². The van der Waals surface area contributed by atoms with Gasteiger partial charge in [0.2, 0.25) is 0 Å². The summed E-state index contributed by atoms with van der Waals surface area (Å²) in [6, 6.07) is 0. The molecule has 0 aromatic carbocycles. The summed E-state index contributed by atoms with van der Waals surface area (Å²) < 4.78 is 0. The van der Waals surface area contributed by atoms with Gasteiger partial charge < -0.3 is 9.80 Å². The zero-order valence-electron chi connectivity index (χ0n) is 12.9. The average Bonchev–Trinajstić information content (AvgIpc) is 2.81. The first kappa shape index (κ1) is 17.3. The fourth-order valence-corrected chi connectivity index (χ4v) is 3.90. The Morgan fingerprint density at radius 1 is 0.947 bits per heavy atom. The number of nitrogens with zero attached hydrogens (tertiary/aromatic N) is 2. The van der Waals surface area contributed by atoms with Crippen LogP contribution in [-0.2, 0) is 0 Å². The molecule has 2 rings (SSSR count). The molecule has 2 atom stereocenters. The molecule has 1 heterocycles. The molecule has 3 heteroatoms. The van der Waals surface area contributed by atoms with Crippen molar-refractivity contribution >= 4 is 12.4 Å². The molecule has 1 aliphatic carbocycles. The first-order valence-electron chi connectivity index (χ1n) is 8.28. The molecule has 0 radical (unpaired) electrons. The minimum Gasteiger partial charge on any atom is -0.304 e. The monoisotopic (exact) mass is 288 g/mol. The largest absolute Gasteiger partial charge is 0.304 e. The second-order valence-corrected chi connectivity index (χ2v) is 6.30. The highest BCUT2D eigenvalue weighted by molar-refractivity contribution is 5.85. The number of fused-ring (bicyclic) bond motifs is 1. The highest BCUT2D eigenvalue weighted by atomic mass is 35.5. The van der Waals surface area contributed by atoms with Gasteiger partial charge in [-0.15, -0.1) is 12.4 Å². The Hall–Kier alpha value is 0.210. The molecule has 1 saturated heterocycles. The maximum absolute atomic E-state index is 2.75. The second kappa shape index (κ2) is 9.20. The fourth-order valence-electron chi connectivity index (χ4n) is 3.90. The van der Waals surface area contributed by atoms with Crippen LogP contribution in [0.1, 0.15) is 52.4 Å². The van der Waals surface area contributed by atoms with Crippen molar-refractivity contribution in [1.82, 2.24) is 9.80 Å². The van der Waals surface area contributed by atoms with Gasteiger partial charge in [-0.05, 0) is 63.7 Å². The summed E-state index contributed by atoms with van der Waals surface area (Å²) in [6.45, 7) is 12.5. The topological polar surface area (TPSA) is 6.48 Å². The van der Waals surface area contributed by atoms with E-state index in [2.05, 4.69) is 23.6 Å². The SMILES string of the molecule is CCN(CC)CCCCN1CC2CCCCC2C1.Cl. The first-order chi connectivity index (χ1) is 8.83. The van der Waals surface area contributed by atoms with Crippen LogP contribution in [0.4, 0.5) is 0 Å². The van der Waals surface area contributed by atoms with Gasteiger partial charge in [0.1, 0.15) is 0 Å². The molecule has 2 fully saturated rings. The molecule has 1 saturated carbocycles. The summed E-state index contributed by atoms with van der Waals surface area (Å²) >= 11 is 0. The highest BCUT2D eigenvalue weighted by Crippen LogP contribution is 2.35. The number of halogens is 1. The van der Waals surface area contributed by atoms with E-state index in [-0.39, 0.29) is 12.4 Å². The van der Waals surface area contributed by atoms with Gasteiger partial charge in [-0.1, -0.05) is 26.7 Å². The Morgan fingerprint density at radius 2 is 1.53 bits per heavy atom. The fraction of sp³-hybridized carbons (Fsp3) is 1.00. The van der Waals surface area contributed by atoms with Crippen molar-refractivity contribution in [3.05, 3.63) is 0 Å². The van der Waals surface area contributed by atoms with E-state index in [1.54, 1.807) is 0 Å². The van der Waals surface area contributed by atoms with Gasteiger partial charge >= 0.3 is 0 Å². The lowest BCUT2D eigenvalue weighted by Crippen LogP contribution is -2.26. The molecule has 19 heavy (non-hydrogen) atoms. The Bertz CT molecular complexity index is 217. The summed E-state index contributed by atoms with van der Waals surface area (Å²) in [4.78, 5) is 5.30. The lowest BCUT2D eigenvalue weighted by molar-refractivity contribution is 0.272. The van der Waals surface area contributed by atoms with Crippen LogP contribution in [0.3, 0.4) is 0 Å². The molecule has 0 aromatic rings. The minimum atomic E-state index is 0. The molecular formula is C16H33ClN2. The van der Waals surface area contributed by atoms with E-state index < -0.39 is 0 Å². The lowest BCUT2D eigenvalue weighted by Gasteiger charge is -2.23. The van der Waals surface area contributed by atoms with Gasteiger partial charge in [0.15, 0.2) is 0 Å². The van der Waals surface area contributed by atoms with Crippen molar-refractivity contribution in [2.45, 2.75) is 52.4 Å². The van der Waals surface area contributed by atoms with Crippen LogP contribution in [0.5, 0.6) is 0 Å². The van der Waals surface area contributed by atoms with Crippen LogP contribution in [-0.4, -0.2) is 49.1 Å². The van der Waals surface area contributed by atoms with Crippen LogP contribution in [0.15, 0.2) is 0 Å². The van der Waals surface area contributed by atoms with Gasteiger partial charge in [0.05, 0.1) is 0 Å². The number of unbranched alkanes of at least 4 members (excludes halogenated alkanes) is 1. The molecular weight excluding hydrogens is 256 g/mol. The van der Waals surface area contributed by atoms with Crippen molar-refractivity contribution in [3.63, 3.8) is 0 Å². The molecule has 0 spiro atoms. The Balaban J connectivity index is 0.00000180. The van der Waals surface area contributed by atoms with Gasteiger partial charge in [0.25, 0.3) is 0 Å². The Labute approximate surface area is 126 Å². The van der Waals surface area contributed by atoms with E-state index in [4.69, 9.17) is 0 Å². The standard InChI is InChI=1S/C16H32N2.ClH/c1-3-17(4-2)11-7-8-12-18-13-15-9-5-6-10-16(15)14-18;/h15-16H,3-14H2,1-2H3;1H. The summed E-state index contributed by atoms with van der Waals surface area (Å²) in [7, 11) is 0. The van der Waals surface area contributed by atoms with Crippen molar-refractivity contribution in [1.29, 1.82) is 0 Å². The lowest BCUT2D eigenvalue weighted by atomic mass is 9.82. The normalized spacial score (nSPS) is 27.3. The summed E-state index contributed by atoms with van der Waals surface area (Å²) in [5, 5.41) is 0. The maximum atomic E-state index is 2.75. The number of hydrogen-bond acceptors (Lipinski definition) is 2. The molecule has 114 valence electrons. The number of likely N-dealkylation sites (tertiary alicyclic amines) is 1. The third kappa shape index (κ3) is 5.24. The van der Waals surface area contributed by atoms with E-state index in [1.807, 2.05) is 0 Å². The summed E-state index contributed by atoms with van der Waals surface area (Å²) in [6.07, 6.45) is 8.80. The zero-order valence-corrected chi connectivity index (χ0v) is 13.8. The predicted octanol–water partition coefficient (Wildman–Crippen LogP) is 3.65. The zero-order chi connectivity index (χ0) is 12.8. The molecule has 2 nitrogen and oxygen atoms in total. The van der Waals surface area contributed by atoms with Crippen molar-refractivity contribution in [2.75, 3.05) is 39.3 Å². The van der Waals surface area contributed by atoms with Crippen LogP contribution in [0, 0.1) is 11.8 Å².